The molecule has 2 amide bonds. The normalized spacial score (nSPS) is 11.9. The fraction of sp³-hybridized carbons (Fsp3) is 0.250. The van der Waals surface area contributed by atoms with Crippen molar-refractivity contribution in [3.63, 3.8) is 0 Å². The molecule has 0 aromatic carbocycles. The van der Waals surface area contributed by atoms with Crippen molar-refractivity contribution >= 4 is 55.0 Å². The zero-order chi connectivity index (χ0) is 24.9. The number of alkyl halides is 3. The van der Waals surface area contributed by atoms with Crippen LogP contribution in [0.3, 0.4) is 0 Å². The highest BCUT2D eigenvalue weighted by atomic mass is 79.9. The number of primary amides is 1. The Bertz CT molecular complexity index is 1450. The predicted molar refractivity (Wildman–Crippen MR) is 124 cm³/mol. The van der Waals surface area contributed by atoms with E-state index in [0.29, 0.717) is 33.6 Å². The molecule has 178 valence electrons. The zero-order valence-electron chi connectivity index (χ0n) is 18.0. The Morgan fingerprint density at radius 2 is 1.94 bits per heavy atom. The summed E-state index contributed by atoms with van der Waals surface area (Å²) in [6.07, 6.45) is -1.88. The number of carbonyl (C=O) groups excluding carboxylic acids is 2. The van der Waals surface area contributed by atoms with Crippen LogP contribution in [0, 0.1) is 6.92 Å². The molecule has 4 aromatic rings. The molecule has 14 heteroatoms. The number of nitrogens with two attached hydrogens (primary N) is 1. The molecule has 0 aliphatic carbocycles. The molecular formula is C20H17BrF3N7O2S. The minimum absolute atomic E-state index is 0.0206. The van der Waals surface area contributed by atoms with Crippen LogP contribution >= 0.6 is 27.3 Å². The van der Waals surface area contributed by atoms with Crippen LogP contribution in [0.25, 0.3) is 21.3 Å². The van der Waals surface area contributed by atoms with E-state index < -0.39 is 23.7 Å². The van der Waals surface area contributed by atoms with Gasteiger partial charge in [-0.2, -0.15) is 23.4 Å². The number of carbonyl (C=O) groups is 2. The molecule has 0 radical (unpaired) electrons. The Balaban J connectivity index is 2.02. The molecule has 34 heavy (non-hydrogen) atoms. The molecule has 9 nitrogen and oxygen atoms in total. The summed E-state index contributed by atoms with van der Waals surface area (Å²) in [5, 5.41) is 11.0. The minimum Gasteiger partial charge on any atom is -0.365 e. The van der Waals surface area contributed by atoms with E-state index in [1.165, 1.54) is 21.8 Å². The SMILES string of the molecule is CCn1ncc(Br)c1C(=O)Nc1c(C(N)=O)sc2nc(C(F)(F)F)cc(-c3cnn(C)c3C)c12. The van der Waals surface area contributed by atoms with Gasteiger partial charge in [0.25, 0.3) is 11.8 Å². The quantitative estimate of drug-likeness (QED) is 0.379. The average Bonchev–Trinajstić information content (AvgIpc) is 3.42. The molecule has 0 saturated heterocycles. The van der Waals surface area contributed by atoms with Crippen molar-refractivity contribution in [3.05, 3.63) is 44.9 Å². The van der Waals surface area contributed by atoms with E-state index >= 15 is 0 Å². The van der Waals surface area contributed by atoms with Crippen molar-refractivity contribution in [3.8, 4) is 11.1 Å². The van der Waals surface area contributed by atoms with Gasteiger partial charge in [0, 0.05) is 30.2 Å². The van der Waals surface area contributed by atoms with E-state index in [1.54, 1.807) is 20.9 Å². The van der Waals surface area contributed by atoms with Gasteiger partial charge in [-0.25, -0.2) is 4.98 Å². The average molecular weight is 556 g/mol. The van der Waals surface area contributed by atoms with Gasteiger partial charge in [-0.05, 0) is 41.4 Å². The largest absolute Gasteiger partial charge is 0.433 e. The number of aryl methyl sites for hydroxylation is 2. The monoisotopic (exact) mass is 555 g/mol. The van der Waals surface area contributed by atoms with Crippen molar-refractivity contribution in [2.75, 3.05) is 5.32 Å². The second kappa shape index (κ2) is 8.51. The maximum atomic E-state index is 13.7. The maximum Gasteiger partial charge on any atom is 0.433 e. The molecule has 0 aliphatic rings. The minimum atomic E-state index is -4.74. The number of hydrogen-bond acceptors (Lipinski definition) is 6. The zero-order valence-corrected chi connectivity index (χ0v) is 20.4. The number of pyridine rings is 1. The van der Waals surface area contributed by atoms with E-state index in [2.05, 4.69) is 36.4 Å². The molecule has 4 aromatic heterocycles. The van der Waals surface area contributed by atoms with Gasteiger partial charge in [-0.1, -0.05) is 0 Å². The third kappa shape index (κ3) is 3.96. The number of hydrogen-bond donors (Lipinski definition) is 2. The third-order valence-corrected chi connectivity index (χ3v) is 6.93. The van der Waals surface area contributed by atoms with Crippen LogP contribution in [0.5, 0.6) is 0 Å². The van der Waals surface area contributed by atoms with Gasteiger partial charge in [0.2, 0.25) is 0 Å². The van der Waals surface area contributed by atoms with Gasteiger partial charge >= 0.3 is 6.18 Å². The number of fused-ring (bicyclic) bond motifs is 1. The molecule has 0 spiro atoms. The Morgan fingerprint density at radius 3 is 2.50 bits per heavy atom. The first-order valence-corrected chi connectivity index (χ1v) is 11.4. The summed E-state index contributed by atoms with van der Waals surface area (Å²) < 4.78 is 44.3. The number of nitrogens with one attached hydrogen (secondary N) is 1. The summed E-state index contributed by atoms with van der Waals surface area (Å²) in [6.45, 7) is 3.87. The van der Waals surface area contributed by atoms with Crippen molar-refractivity contribution in [2.45, 2.75) is 26.6 Å². The lowest BCUT2D eigenvalue weighted by Gasteiger charge is -2.12. The lowest BCUT2D eigenvalue weighted by atomic mass is 10.0. The molecule has 0 fully saturated rings. The smallest absolute Gasteiger partial charge is 0.365 e. The van der Waals surface area contributed by atoms with Crippen molar-refractivity contribution in [1.82, 2.24) is 24.5 Å². The van der Waals surface area contributed by atoms with Crippen LogP contribution in [-0.2, 0) is 19.8 Å². The van der Waals surface area contributed by atoms with Gasteiger partial charge in [-0.15, -0.1) is 11.3 Å². The molecule has 0 aliphatic heterocycles. The second-order valence-electron chi connectivity index (χ2n) is 7.28. The van der Waals surface area contributed by atoms with Crippen molar-refractivity contribution in [1.29, 1.82) is 0 Å². The second-order valence-corrected chi connectivity index (χ2v) is 9.14. The number of amides is 2. The first-order chi connectivity index (χ1) is 15.9. The van der Waals surface area contributed by atoms with Gasteiger partial charge in [-0.3, -0.25) is 19.0 Å². The van der Waals surface area contributed by atoms with Crippen LogP contribution in [-0.4, -0.2) is 36.4 Å². The Kier molecular flexibility index (Phi) is 5.97. The highest BCUT2D eigenvalue weighted by Crippen LogP contribution is 2.44. The van der Waals surface area contributed by atoms with Crippen LogP contribution < -0.4 is 11.1 Å². The summed E-state index contributed by atoms with van der Waals surface area (Å²) >= 11 is 3.95. The fourth-order valence-corrected chi connectivity index (χ4v) is 5.00. The summed E-state index contributed by atoms with van der Waals surface area (Å²) in [4.78, 5) is 28.9. The molecule has 0 saturated carbocycles. The van der Waals surface area contributed by atoms with E-state index in [9.17, 15) is 22.8 Å². The van der Waals surface area contributed by atoms with Crippen LogP contribution in [0.4, 0.5) is 18.9 Å². The summed E-state index contributed by atoms with van der Waals surface area (Å²) in [5.74, 6) is -1.54. The van der Waals surface area contributed by atoms with Crippen LogP contribution in [0.1, 0.15) is 38.5 Å². The Labute approximate surface area is 202 Å². The van der Waals surface area contributed by atoms with E-state index in [4.69, 9.17) is 5.73 Å². The highest BCUT2D eigenvalue weighted by Gasteiger charge is 2.35. The standard InChI is InChI=1S/C20H17BrF3N7O2S/c1-4-31-15(11(21)7-27-31)18(33)29-14-13-9(10-6-26-30(3)8(10)2)5-12(20(22,23)24)28-19(13)34-16(14)17(25)32/h5-7H,4H2,1-3H3,(H2,25,32)(H,29,33). The molecule has 3 N–H and O–H groups in total. The molecule has 0 bridgehead atoms. The summed E-state index contributed by atoms with van der Waals surface area (Å²) in [6, 6.07) is 0.881. The number of anilines is 1. The predicted octanol–water partition coefficient (Wildman–Crippen LogP) is 4.35. The number of aromatic nitrogens is 5. The lowest BCUT2D eigenvalue weighted by molar-refractivity contribution is -0.140. The number of nitrogens with zero attached hydrogens (tertiary/aromatic N) is 5. The maximum absolute atomic E-state index is 13.7. The highest BCUT2D eigenvalue weighted by molar-refractivity contribution is 9.10. The number of thiophene rings is 1. The molecule has 0 atom stereocenters. The fourth-order valence-electron chi connectivity index (χ4n) is 3.51. The summed E-state index contributed by atoms with van der Waals surface area (Å²) in [5.41, 5.74) is 5.64. The van der Waals surface area contributed by atoms with Gasteiger partial charge < -0.3 is 11.1 Å². The van der Waals surface area contributed by atoms with E-state index in [-0.39, 0.29) is 32.0 Å². The van der Waals surface area contributed by atoms with Gasteiger partial charge in [0.15, 0.2) is 0 Å². The van der Waals surface area contributed by atoms with Gasteiger partial charge in [0.1, 0.15) is 21.1 Å². The van der Waals surface area contributed by atoms with Crippen LogP contribution in [0.2, 0.25) is 0 Å². The number of rotatable bonds is 5. The van der Waals surface area contributed by atoms with Crippen molar-refractivity contribution < 1.29 is 22.8 Å². The topological polar surface area (TPSA) is 121 Å². The first-order valence-electron chi connectivity index (χ1n) is 9.80. The number of halogens is 4. The van der Waals surface area contributed by atoms with E-state index in [1.807, 2.05) is 0 Å². The molecule has 4 heterocycles. The third-order valence-electron chi connectivity index (χ3n) is 5.25. The Morgan fingerprint density at radius 1 is 1.24 bits per heavy atom. The molecule has 4 rings (SSSR count). The van der Waals surface area contributed by atoms with E-state index in [0.717, 1.165) is 6.07 Å². The van der Waals surface area contributed by atoms with Crippen LogP contribution in [0.15, 0.2) is 22.9 Å². The van der Waals surface area contributed by atoms with Gasteiger partial charge in [0.05, 0.1) is 22.6 Å². The molecule has 0 unspecified atom stereocenters. The first kappa shape index (κ1) is 23.9. The van der Waals surface area contributed by atoms with Crippen molar-refractivity contribution in [2.24, 2.45) is 12.8 Å². The summed E-state index contributed by atoms with van der Waals surface area (Å²) in [7, 11) is 1.65. The molecular weight excluding hydrogens is 539 g/mol. The Hall–Kier alpha value is -3.26. The lowest BCUT2D eigenvalue weighted by Crippen LogP contribution is -2.20.